The second-order valence-corrected chi connectivity index (χ2v) is 10.2. The Balaban J connectivity index is 1.55. The van der Waals surface area contributed by atoms with Crippen molar-refractivity contribution in [1.82, 2.24) is 0 Å². The first-order valence-corrected chi connectivity index (χ1v) is 12.5. The largest absolute Gasteiger partial charge is 0.507 e. The second-order valence-electron chi connectivity index (χ2n) is 10.2. The number of esters is 1. The molecule has 1 aromatic heterocycles. The van der Waals surface area contributed by atoms with Crippen molar-refractivity contribution in [3.05, 3.63) is 33.7 Å². The van der Waals surface area contributed by atoms with Crippen molar-refractivity contribution in [2.24, 2.45) is 16.5 Å². The lowest BCUT2D eigenvalue weighted by atomic mass is 9.89. The van der Waals surface area contributed by atoms with Gasteiger partial charge < -0.3 is 40.3 Å². The summed E-state index contributed by atoms with van der Waals surface area (Å²) in [5, 5.41) is 20.2. The van der Waals surface area contributed by atoms with Gasteiger partial charge in [0.25, 0.3) is 0 Å². The van der Waals surface area contributed by atoms with Crippen LogP contribution in [0.4, 0.5) is 0 Å². The van der Waals surface area contributed by atoms with Crippen LogP contribution < -0.4 is 21.6 Å². The quantitative estimate of drug-likeness (QED) is 0.119. The summed E-state index contributed by atoms with van der Waals surface area (Å²) >= 11 is 0. The molecule has 0 spiro atoms. The van der Waals surface area contributed by atoms with Gasteiger partial charge in [-0.25, -0.2) is 4.79 Å². The third-order valence-electron chi connectivity index (χ3n) is 7.00. The van der Waals surface area contributed by atoms with E-state index in [-0.39, 0.29) is 47.2 Å². The number of aliphatic hydroxyl groups is 1. The maximum absolute atomic E-state index is 13.5. The Morgan fingerprint density at radius 1 is 1.24 bits per heavy atom. The van der Waals surface area contributed by atoms with Gasteiger partial charge in [0.15, 0.2) is 17.0 Å². The lowest BCUT2D eigenvalue weighted by Gasteiger charge is -2.39. The first-order valence-electron chi connectivity index (χ1n) is 12.5. The minimum absolute atomic E-state index is 0.00841. The highest BCUT2D eigenvalue weighted by Crippen LogP contribution is 2.47. The molecule has 0 radical (unpaired) electrons. The third kappa shape index (κ3) is 5.37. The molecule has 0 unspecified atom stereocenters. The lowest BCUT2D eigenvalue weighted by molar-refractivity contribution is -0.168. The van der Waals surface area contributed by atoms with E-state index in [9.17, 15) is 19.8 Å². The summed E-state index contributed by atoms with van der Waals surface area (Å²) in [6.07, 6.45) is 1.77. The SMILES string of the molecule is Cc1cc(=O)c2c(O)c3c(cc2o1)OC(C)(C)[C@H](OC(=O)[C@]1(CCCCO)O[C@@H]1CCCN=C(N)N)C3. The van der Waals surface area contributed by atoms with Gasteiger partial charge in [-0.05, 0) is 52.9 Å². The molecule has 2 aliphatic rings. The van der Waals surface area contributed by atoms with Gasteiger partial charge in [-0.2, -0.15) is 0 Å². The van der Waals surface area contributed by atoms with E-state index < -0.39 is 23.3 Å². The standard InChI is InChI=1S/C26H35N3O8/c1-14-11-16(31)21-18(34-14)13-17-15(22(21)32)12-20(25(2,3)36-17)35-23(33)26(8-4-5-10-30)19(37-26)7-6-9-29-24(27)28/h11,13,19-20,30,32H,4-10,12H2,1-3H3,(H4,27,28,29)/t19-,20-,26-/m1/s1. The Labute approximate surface area is 214 Å². The van der Waals surface area contributed by atoms with Crippen LogP contribution in [0.1, 0.15) is 57.3 Å². The maximum Gasteiger partial charge on any atom is 0.341 e. The molecule has 1 saturated heterocycles. The van der Waals surface area contributed by atoms with E-state index >= 15 is 0 Å². The number of fused-ring (bicyclic) bond motifs is 2. The van der Waals surface area contributed by atoms with Gasteiger partial charge in [0.2, 0.25) is 0 Å². The van der Waals surface area contributed by atoms with Crippen LogP contribution in [0.15, 0.2) is 26.3 Å². The number of nitrogens with two attached hydrogens (primary N) is 2. The highest BCUT2D eigenvalue weighted by molar-refractivity contribution is 5.87. The highest BCUT2D eigenvalue weighted by Gasteiger charge is 2.63. The molecule has 1 fully saturated rings. The Morgan fingerprint density at radius 2 is 2.00 bits per heavy atom. The van der Waals surface area contributed by atoms with Crippen molar-refractivity contribution in [2.75, 3.05) is 13.2 Å². The van der Waals surface area contributed by atoms with E-state index in [1.807, 2.05) is 0 Å². The first kappa shape index (κ1) is 26.7. The zero-order chi connectivity index (χ0) is 27.0. The van der Waals surface area contributed by atoms with Crippen molar-refractivity contribution in [2.45, 2.75) is 82.7 Å². The molecular formula is C26H35N3O8. The topological polar surface area (TPSA) is 183 Å². The van der Waals surface area contributed by atoms with Crippen molar-refractivity contribution < 1.29 is 33.6 Å². The molecule has 3 atom stereocenters. The van der Waals surface area contributed by atoms with Crippen LogP contribution in [0, 0.1) is 6.92 Å². The van der Waals surface area contributed by atoms with Gasteiger partial charge in [0, 0.05) is 37.3 Å². The number of nitrogens with zero attached hydrogens (tertiary/aromatic N) is 1. The first-order chi connectivity index (χ1) is 17.5. The van der Waals surface area contributed by atoms with Gasteiger partial charge in [-0.15, -0.1) is 0 Å². The molecule has 0 amide bonds. The molecule has 4 rings (SSSR count). The van der Waals surface area contributed by atoms with Gasteiger partial charge in [-0.3, -0.25) is 9.79 Å². The number of aromatic hydroxyl groups is 1. The summed E-state index contributed by atoms with van der Waals surface area (Å²) in [4.78, 5) is 30.0. The van der Waals surface area contributed by atoms with Gasteiger partial charge in [-0.1, -0.05) is 0 Å². The van der Waals surface area contributed by atoms with E-state index in [2.05, 4.69) is 4.99 Å². The zero-order valence-corrected chi connectivity index (χ0v) is 21.4. The van der Waals surface area contributed by atoms with E-state index in [1.54, 1.807) is 26.8 Å². The van der Waals surface area contributed by atoms with Crippen LogP contribution in [-0.4, -0.2) is 58.7 Å². The summed E-state index contributed by atoms with van der Waals surface area (Å²) < 4.78 is 23.7. The number of aryl methyl sites for hydroxylation is 1. The van der Waals surface area contributed by atoms with Crippen LogP contribution in [0.25, 0.3) is 11.0 Å². The number of ether oxygens (including phenoxy) is 3. The smallest absolute Gasteiger partial charge is 0.341 e. The van der Waals surface area contributed by atoms with E-state index in [4.69, 9.17) is 30.1 Å². The molecule has 11 nitrogen and oxygen atoms in total. The molecule has 0 bridgehead atoms. The molecule has 3 heterocycles. The fraction of sp³-hybridized carbons (Fsp3) is 0.577. The number of carbonyl (C=O) groups excluding carboxylic acids is 1. The number of phenolic OH excluding ortho intramolecular Hbond substituents is 1. The molecule has 0 aliphatic carbocycles. The molecule has 1 aromatic carbocycles. The zero-order valence-electron chi connectivity index (χ0n) is 21.4. The predicted octanol–water partition coefficient (Wildman–Crippen LogP) is 1.79. The van der Waals surface area contributed by atoms with Crippen molar-refractivity contribution in [3.8, 4) is 11.5 Å². The number of benzene rings is 1. The number of hydrogen-bond acceptors (Lipinski definition) is 9. The second kappa shape index (κ2) is 10.2. The summed E-state index contributed by atoms with van der Waals surface area (Å²) in [6, 6.07) is 2.90. The van der Waals surface area contributed by atoms with Crippen molar-refractivity contribution in [3.63, 3.8) is 0 Å². The monoisotopic (exact) mass is 517 g/mol. The van der Waals surface area contributed by atoms with Crippen LogP contribution in [0.2, 0.25) is 0 Å². The van der Waals surface area contributed by atoms with Gasteiger partial charge in [0.1, 0.15) is 39.9 Å². The summed E-state index contributed by atoms with van der Waals surface area (Å²) in [5.74, 6) is 0.0409. The van der Waals surface area contributed by atoms with Gasteiger partial charge >= 0.3 is 5.97 Å². The normalized spacial score (nSPS) is 23.7. The maximum atomic E-state index is 13.5. The number of aliphatic imine (C=N–C) groups is 1. The molecule has 6 N–H and O–H groups in total. The fourth-order valence-electron chi connectivity index (χ4n) is 4.92. The predicted molar refractivity (Wildman–Crippen MR) is 136 cm³/mol. The molecule has 0 saturated carbocycles. The Kier molecular flexibility index (Phi) is 7.38. The average Bonchev–Trinajstić information content (AvgIpc) is 3.51. The fourth-order valence-corrected chi connectivity index (χ4v) is 4.92. The number of epoxide rings is 1. The minimum Gasteiger partial charge on any atom is -0.507 e. The number of aliphatic hydroxyl groups excluding tert-OH is 1. The molecule has 2 aromatic rings. The summed E-state index contributed by atoms with van der Waals surface area (Å²) in [5.41, 5.74) is 8.93. The lowest BCUT2D eigenvalue weighted by Crippen LogP contribution is -2.50. The van der Waals surface area contributed by atoms with Crippen LogP contribution in [0.5, 0.6) is 11.5 Å². The van der Waals surface area contributed by atoms with Crippen molar-refractivity contribution in [1.29, 1.82) is 0 Å². The van der Waals surface area contributed by atoms with Gasteiger partial charge in [0.05, 0.1) is 6.10 Å². The van der Waals surface area contributed by atoms with Crippen LogP contribution in [0.3, 0.4) is 0 Å². The van der Waals surface area contributed by atoms with Crippen LogP contribution in [-0.2, 0) is 20.7 Å². The highest BCUT2D eigenvalue weighted by atomic mass is 16.7. The number of phenols is 1. The minimum atomic E-state index is -1.12. The summed E-state index contributed by atoms with van der Waals surface area (Å²) in [6.45, 7) is 5.68. The summed E-state index contributed by atoms with van der Waals surface area (Å²) in [7, 11) is 0. The van der Waals surface area contributed by atoms with Crippen LogP contribution >= 0.6 is 0 Å². The molecule has 202 valence electrons. The number of unbranched alkanes of at least 4 members (excludes halogenated alkanes) is 1. The van der Waals surface area contributed by atoms with E-state index in [1.165, 1.54) is 6.07 Å². The Bertz CT molecular complexity index is 1270. The molecule has 11 heteroatoms. The molecular weight excluding hydrogens is 482 g/mol. The number of carbonyl (C=O) groups is 1. The third-order valence-corrected chi connectivity index (χ3v) is 7.00. The molecule has 37 heavy (non-hydrogen) atoms. The van der Waals surface area contributed by atoms with E-state index in [0.29, 0.717) is 55.7 Å². The number of guanidine groups is 1. The Hall–Kier alpha value is -3.31. The Morgan fingerprint density at radius 3 is 2.70 bits per heavy atom. The number of rotatable bonds is 10. The average molecular weight is 518 g/mol. The van der Waals surface area contributed by atoms with Crippen molar-refractivity contribution >= 4 is 22.9 Å². The van der Waals surface area contributed by atoms with E-state index in [0.717, 1.165) is 0 Å². The molecule has 2 aliphatic heterocycles. The number of hydrogen-bond donors (Lipinski definition) is 4.